The standard InChI is InChI=1S/C28H26F14N2O3.ClH/c29-19-3-1-15(9-17(19)25(31,32)33)21-11-43(5-7-45-21)13-23(27(37,38)39)47-24(28(40,41)42)14-44-6-8-46-22(12-44)16-2-4-20(30)18(10-16)26(34,35)36;/h1-4,9-10,21-24H,5-8,11-14H2;1H/t21?,22?,23-,24-;/m0./s1. The summed E-state index contributed by atoms with van der Waals surface area (Å²) in [5.74, 6) is -3.18. The molecule has 0 amide bonds. The molecule has 2 heterocycles. The summed E-state index contributed by atoms with van der Waals surface area (Å²) >= 11 is 0. The first-order valence-electron chi connectivity index (χ1n) is 13.8. The number of nitrogens with zero attached hydrogens (tertiary/aromatic N) is 2. The SMILES string of the molecule is Cl.Fc1ccc(C2CN(C[C@H](O[C@@H](CN3CCOC(c4ccc(F)c(C(F)(F)F)c4)C3)C(F)(F)F)C(F)(F)F)CCO2)cc1C(F)(F)F. The lowest BCUT2D eigenvalue weighted by Gasteiger charge is -2.39. The van der Waals surface area contributed by atoms with Crippen LogP contribution in [0.3, 0.4) is 0 Å². The molecule has 272 valence electrons. The Bertz CT molecular complexity index is 1270. The molecule has 2 aliphatic heterocycles. The van der Waals surface area contributed by atoms with Crippen molar-refractivity contribution in [2.45, 2.75) is 49.1 Å². The van der Waals surface area contributed by atoms with Crippen LogP contribution in [0, 0.1) is 11.6 Å². The van der Waals surface area contributed by atoms with Gasteiger partial charge in [-0.15, -0.1) is 12.4 Å². The van der Waals surface area contributed by atoms with Crippen LogP contribution in [0.5, 0.6) is 0 Å². The Balaban J connectivity index is 0.00000625. The quantitative estimate of drug-likeness (QED) is 0.259. The van der Waals surface area contributed by atoms with E-state index in [0.29, 0.717) is 24.3 Å². The number of alkyl halides is 12. The highest BCUT2D eigenvalue weighted by molar-refractivity contribution is 5.85. The molecule has 2 unspecified atom stereocenters. The maximum absolute atomic E-state index is 14.0. The molecule has 2 aromatic carbocycles. The van der Waals surface area contributed by atoms with Gasteiger partial charge >= 0.3 is 24.7 Å². The van der Waals surface area contributed by atoms with E-state index in [2.05, 4.69) is 4.74 Å². The summed E-state index contributed by atoms with van der Waals surface area (Å²) in [6.45, 7) is -4.43. The Morgan fingerprint density at radius 3 is 1.29 bits per heavy atom. The maximum Gasteiger partial charge on any atom is 0.419 e. The monoisotopic (exact) mass is 740 g/mol. The average Bonchev–Trinajstić information content (AvgIpc) is 2.95. The first-order valence-corrected chi connectivity index (χ1v) is 13.8. The van der Waals surface area contributed by atoms with E-state index in [-0.39, 0.29) is 49.8 Å². The van der Waals surface area contributed by atoms with Crippen molar-refractivity contribution >= 4 is 12.4 Å². The number of hydrogen-bond acceptors (Lipinski definition) is 5. The van der Waals surface area contributed by atoms with Crippen LogP contribution >= 0.6 is 12.4 Å². The predicted octanol–water partition coefficient (Wildman–Crippen LogP) is 7.75. The zero-order chi connectivity index (χ0) is 34.9. The van der Waals surface area contributed by atoms with Crippen LogP contribution in [0.4, 0.5) is 61.5 Å². The van der Waals surface area contributed by atoms with Gasteiger partial charge in [0.1, 0.15) is 11.6 Å². The van der Waals surface area contributed by atoms with Crippen molar-refractivity contribution in [3.8, 4) is 0 Å². The lowest BCUT2D eigenvalue weighted by molar-refractivity contribution is -0.292. The lowest BCUT2D eigenvalue weighted by atomic mass is 10.0. The number of halogens is 15. The molecule has 2 aliphatic rings. The molecule has 2 aromatic rings. The van der Waals surface area contributed by atoms with E-state index in [0.717, 1.165) is 21.9 Å². The second-order valence-corrected chi connectivity index (χ2v) is 10.9. The Labute approximate surface area is 270 Å². The van der Waals surface area contributed by atoms with Crippen molar-refractivity contribution in [3.05, 3.63) is 70.3 Å². The summed E-state index contributed by atoms with van der Waals surface area (Å²) in [5, 5.41) is 0. The van der Waals surface area contributed by atoms with E-state index in [1.54, 1.807) is 0 Å². The van der Waals surface area contributed by atoms with Crippen LogP contribution in [0.25, 0.3) is 0 Å². The molecule has 0 spiro atoms. The number of ether oxygens (including phenoxy) is 3. The molecular formula is C28H27ClF14N2O3. The Morgan fingerprint density at radius 1 is 0.625 bits per heavy atom. The molecule has 0 radical (unpaired) electrons. The van der Waals surface area contributed by atoms with Gasteiger partial charge in [0, 0.05) is 39.3 Å². The van der Waals surface area contributed by atoms with Crippen LogP contribution in [0.2, 0.25) is 0 Å². The molecule has 20 heteroatoms. The van der Waals surface area contributed by atoms with Gasteiger partial charge in [0.05, 0.1) is 36.5 Å². The molecule has 0 saturated carbocycles. The van der Waals surface area contributed by atoms with Crippen LogP contribution < -0.4 is 0 Å². The van der Waals surface area contributed by atoms with E-state index in [1.807, 2.05) is 0 Å². The third kappa shape index (κ3) is 10.3. The van der Waals surface area contributed by atoms with Gasteiger partial charge in [0.15, 0.2) is 12.2 Å². The van der Waals surface area contributed by atoms with E-state index in [1.165, 1.54) is 0 Å². The van der Waals surface area contributed by atoms with Gasteiger partial charge in [0.25, 0.3) is 0 Å². The molecule has 0 N–H and O–H groups in total. The van der Waals surface area contributed by atoms with Gasteiger partial charge in [-0.05, 0) is 35.4 Å². The van der Waals surface area contributed by atoms with Gasteiger partial charge in [-0.1, -0.05) is 12.1 Å². The fourth-order valence-electron chi connectivity index (χ4n) is 5.18. The molecule has 48 heavy (non-hydrogen) atoms. The Hall–Kier alpha value is -2.45. The normalized spacial score (nSPS) is 21.9. The van der Waals surface area contributed by atoms with Gasteiger partial charge in [-0.3, -0.25) is 9.80 Å². The molecular weight excluding hydrogens is 714 g/mol. The minimum absolute atomic E-state index is 0. The summed E-state index contributed by atoms with van der Waals surface area (Å²) < 4.78 is 206. The second-order valence-electron chi connectivity index (χ2n) is 10.9. The Kier molecular flexibility index (Phi) is 12.7. The van der Waals surface area contributed by atoms with E-state index < -0.39 is 98.1 Å². The van der Waals surface area contributed by atoms with Gasteiger partial charge in [-0.2, -0.15) is 52.7 Å². The van der Waals surface area contributed by atoms with E-state index >= 15 is 0 Å². The summed E-state index contributed by atoms with van der Waals surface area (Å²) in [6.07, 6.45) is -29.5. The molecule has 0 aliphatic carbocycles. The topological polar surface area (TPSA) is 34.2 Å². The summed E-state index contributed by atoms with van der Waals surface area (Å²) in [4.78, 5) is 1.99. The maximum atomic E-state index is 14.0. The molecule has 5 nitrogen and oxygen atoms in total. The Morgan fingerprint density at radius 2 is 0.979 bits per heavy atom. The lowest BCUT2D eigenvalue weighted by Crippen LogP contribution is -2.53. The summed E-state index contributed by atoms with van der Waals surface area (Å²) in [6, 6.07) is 3.79. The first-order chi connectivity index (χ1) is 21.6. The number of rotatable bonds is 8. The van der Waals surface area contributed by atoms with Gasteiger partial charge < -0.3 is 14.2 Å². The summed E-state index contributed by atoms with van der Waals surface area (Å²) in [7, 11) is 0. The third-order valence-corrected chi connectivity index (χ3v) is 7.54. The van der Waals surface area contributed by atoms with Crippen molar-refractivity contribution in [1.82, 2.24) is 9.80 Å². The largest absolute Gasteiger partial charge is 0.419 e. The predicted molar refractivity (Wildman–Crippen MR) is 141 cm³/mol. The smallest absolute Gasteiger partial charge is 0.371 e. The number of morpholine rings is 2. The summed E-state index contributed by atoms with van der Waals surface area (Å²) in [5.41, 5.74) is -3.70. The number of benzene rings is 2. The second kappa shape index (κ2) is 15.2. The van der Waals surface area contributed by atoms with Crippen molar-refractivity contribution in [1.29, 1.82) is 0 Å². The first kappa shape index (κ1) is 40.0. The highest BCUT2D eigenvalue weighted by atomic mass is 35.5. The number of hydrogen-bond donors (Lipinski definition) is 0. The van der Waals surface area contributed by atoms with Crippen molar-refractivity contribution in [3.63, 3.8) is 0 Å². The van der Waals surface area contributed by atoms with Crippen LogP contribution in [0.1, 0.15) is 34.5 Å². The molecule has 2 fully saturated rings. The average molecular weight is 741 g/mol. The fourth-order valence-corrected chi connectivity index (χ4v) is 5.18. The molecule has 4 rings (SSSR count). The van der Waals surface area contributed by atoms with E-state index in [4.69, 9.17) is 9.47 Å². The molecule has 0 bridgehead atoms. The van der Waals surface area contributed by atoms with Crippen LogP contribution in [-0.2, 0) is 26.6 Å². The van der Waals surface area contributed by atoms with Crippen molar-refractivity contribution < 1.29 is 75.7 Å². The highest BCUT2D eigenvalue weighted by Crippen LogP contribution is 2.37. The minimum atomic E-state index is -5.34. The zero-order valence-electron chi connectivity index (χ0n) is 24.2. The highest BCUT2D eigenvalue weighted by Gasteiger charge is 2.50. The van der Waals surface area contributed by atoms with Gasteiger partial charge in [0.2, 0.25) is 0 Å². The van der Waals surface area contributed by atoms with Crippen molar-refractivity contribution in [2.75, 3.05) is 52.5 Å². The molecule has 4 atom stereocenters. The zero-order valence-corrected chi connectivity index (χ0v) is 25.1. The molecule has 2 saturated heterocycles. The third-order valence-electron chi connectivity index (χ3n) is 7.54. The van der Waals surface area contributed by atoms with Crippen LogP contribution in [0.15, 0.2) is 36.4 Å². The van der Waals surface area contributed by atoms with E-state index in [9.17, 15) is 61.5 Å². The van der Waals surface area contributed by atoms with Crippen molar-refractivity contribution in [2.24, 2.45) is 0 Å². The minimum Gasteiger partial charge on any atom is -0.371 e. The molecule has 0 aromatic heterocycles. The van der Waals surface area contributed by atoms with Gasteiger partial charge in [-0.25, -0.2) is 8.78 Å². The fraction of sp³-hybridized carbons (Fsp3) is 0.571. The van der Waals surface area contributed by atoms with Crippen LogP contribution in [-0.4, -0.2) is 86.8 Å².